The van der Waals surface area contributed by atoms with Crippen molar-refractivity contribution in [3.63, 3.8) is 0 Å². The summed E-state index contributed by atoms with van der Waals surface area (Å²) in [6.45, 7) is 0.849. The van der Waals surface area contributed by atoms with E-state index in [4.69, 9.17) is 28.5 Å². The molecule has 0 radical (unpaired) electrons. The Bertz CT molecular complexity index is 458. The van der Waals surface area contributed by atoms with Gasteiger partial charge < -0.3 is 9.64 Å². The van der Waals surface area contributed by atoms with Crippen molar-refractivity contribution >= 4 is 43.2 Å². The van der Waals surface area contributed by atoms with Crippen molar-refractivity contribution in [3.8, 4) is 0 Å². The molecule has 24 heavy (non-hydrogen) atoms. The van der Waals surface area contributed by atoms with Gasteiger partial charge in [-0.2, -0.15) is 21.3 Å². The molecule has 0 N–H and O–H groups in total. The van der Waals surface area contributed by atoms with Crippen LogP contribution in [0.25, 0.3) is 0 Å². The van der Waals surface area contributed by atoms with Crippen LogP contribution >= 0.6 is 31.3 Å². The topological polar surface area (TPSA) is 82.1 Å². The van der Waals surface area contributed by atoms with Crippen LogP contribution in [-0.4, -0.2) is 42.4 Å². The molecule has 0 aromatic rings. The van der Waals surface area contributed by atoms with Gasteiger partial charge in [-0.05, 0) is 6.42 Å². The first-order chi connectivity index (χ1) is 11.1. The van der Waals surface area contributed by atoms with E-state index in [-0.39, 0.29) is 11.5 Å². The molecule has 0 atom stereocenters. The van der Waals surface area contributed by atoms with Crippen LogP contribution in [0.5, 0.6) is 0 Å². The van der Waals surface area contributed by atoms with Crippen molar-refractivity contribution in [3.05, 3.63) is 0 Å². The molecule has 0 rings (SSSR count). The first-order valence-electron chi connectivity index (χ1n) is 6.81. The van der Waals surface area contributed by atoms with Crippen molar-refractivity contribution in [2.24, 2.45) is 0 Å². The van der Waals surface area contributed by atoms with Crippen molar-refractivity contribution in [1.29, 1.82) is 0 Å². The van der Waals surface area contributed by atoms with Crippen LogP contribution in [0.15, 0.2) is 0 Å². The Balaban J connectivity index is 4.80. The maximum Gasteiger partial charge on any atom is 0.471 e. The number of esters is 1. The molecule has 13 heteroatoms. The minimum Gasteiger partial charge on any atom is -0.464 e. The van der Waals surface area contributed by atoms with Gasteiger partial charge in [0.2, 0.25) is 0 Å². The standard InChI is InChI=1S/C11H17Cl2F3NO6P/c1-2-3-4-5-6-21-9(18)7-17(10(19)11(14,15)16)8-24(20,22-12)23-13/h2-8H2,1H3. The fourth-order valence-electron chi connectivity index (χ4n) is 1.55. The predicted octanol–water partition coefficient (Wildman–Crippen LogP) is 3.99. The summed E-state index contributed by atoms with van der Waals surface area (Å²) in [5, 5.41) is 0. The molecule has 0 spiro atoms. The molecular weight excluding hydrogens is 401 g/mol. The number of unbranched alkanes of at least 4 members (excludes halogenated alkanes) is 3. The zero-order valence-corrected chi connectivity index (χ0v) is 15.1. The number of carbonyl (C=O) groups is 2. The maximum atomic E-state index is 12.5. The minimum absolute atomic E-state index is 0.0114. The molecule has 142 valence electrons. The van der Waals surface area contributed by atoms with Crippen LogP contribution in [0, 0.1) is 0 Å². The number of ether oxygens (including phenoxy) is 1. The Kier molecular flexibility index (Phi) is 10.9. The van der Waals surface area contributed by atoms with Gasteiger partial charge in [0.25, 0.3) is 0 Å². The van der Waals surface area contributed by atoms with E-state index in [1.807, 2.05) is 6.92 Å². The van der Waals surface area contributed by atoms with Gasteiger partial charge >= 0.3 is 25.6 Å². The summed E-state index contributed by atoms with van der Waals surface area (Å²) in [7, 11) is -4.43. The van der Waals surface area contributed by atoms with E-state index in [0.29, 0.717) is 6.42 Å². The average Bonchev–Trinajstić information content (AvgIpc) is 2.52. The smallest absolute Gasteiger partial charge is 0.464 e. The molecule has 7 nitrogen and oxygen atoms in total. The molecule has 0 aliphatic heterocycles. The van der Waals surface area contributed by atoms with Gasteiger partial charge in [-0.1, -0.05) is 26.2 Å². The van der Waals surface area contributed by atoms with Gasteiger partial charge in [0.1, 0.15) is 12.8 Å². The first kappa shape index (κ1) is 23.5. The number of hydrogen-bond acceptors (Lipinski definition) is 6. The zero-order chi connectivity index (χ0) is 18.8. The summed E-state index contributed by atoms with van der Waals surface area (Å²) in [4.78, 5) is 22.7. The number of amides is 1. The molecule has 0 aromatic carbocycles. The summed E-state index contributed by atoms with van der Waals surface area (Å²) >= 11 is 9.67. The van der Waals surface area contributed by atoms with Crippen LogP contribution in [0.2, 0.25) is 0 Å². The molecule has 1 amide bonds. The van der Waals surface area contributed by atoms with Crippen molar-refractivity contribution in [1.82, 2.24) is 4.90 Å². The monoisotopic (exact) mass is 417 g/mol. The summed E-state index contributed by atoms with van der Waals surface area (Å²) in [5.74, 6) is -3.55. The first-order valence-corrected chi connectivity index (χ1v) is 9.15. The Labute approximate surface area is 147 Å². The number of rotatable bonds is 11. The van der Waals surface area contributed by atoms with E-state index in [1.54, 1.807) is 0 Å². The van der Waals surface area contributed by atoms with Gasteiger partial charge in [0.15, 0.2) is 0 Å². The highest BCUT2D eigenvalue weighted by atomic mass is 35.5. The quantitative estimate of drug-likeness (QED) is 0.287. The van der Waals surface area contributed by atoms with Crippen LogP contribution < -0.4 is 0 Å². The lowest BCUT2D eigenvalue weighted by Crippen LogP contribution is -2.44. The van der Waals surface area contributed by atoms with E-state index < -0.39 is 38.5 Å². The highest BCUT2D eigenvalue weighted by Crippen LogP contribution is 2.51. The Morgan fingerprint density at radius 1 is 1.12 bits per heavy atom. The SMILES string of the molecule is CCCCCCOC(=O)CN(CP(=O)(OCl)OCl)C(=O)C(F)(F)F. The maximum absolute atomic E-state index is 12.5. The van der Waals surface area contributed by atoms with E-state index in [0.717, 1.165) is 19.3 Å². The fraction of sp³-hybridized carbons (Fsp3) is 0.818. The molecule has 0 saturated carbocycles. The number of alkyl halides is 3. The molecule has 0 aromatic heterocycles. The second-order valence-corrected chi connectivity index (χ2v) is 7.28. The fourth-order valence-corrected chi connectivity index (χ4v) is 2.82. The van der Waals surface area contributed by atoms with Gasteiger partial charge in [-0.3, -0.25) is 14.2 Å². The molecule has 0 bridgehead atoms. The lowest BCUT2D eigenvalue weighted by molar-refractivity contribution is -0.186. The molecular formula is C11H17Cl2F3NO6P. The molecule has 0 fully saturated rings. The van der Waals surface area contributed by atoms with E-state index in [9.17, 15) is 27.3 Å². The molecule has 0 unspecified atom stereocenters. The lowest BCUT2D eigenvalue weighted by Gasteiger charge is -2.24. The van der Waals surface area contributed by atoms with E-state index >= 15 is 0 Å². The zero-order valence-electron chi connectivity index (χ0n) is 12.7. The molecule has 0 aliphatic carbocycles. The second-order valence-electron chi connectivity index (χ2n) is 4.67. The highest BCUT2D eigenvalue weighted by Gasteiger charge is 2.46. The third-order valence-corrected chi connectivity index (χ3v) is 5.03. The van der Waals surface area contributed by atoms with Crippen LogP contribution in [0.3, 0.4) is 0 Å². The van der Waals surface area contributed by atoms with Gasteiger partial charge in [-0.15, -0.1) is 0 Å². The van der Waals surface area contributed by atoms with Crippen molar-refractivity contribution in [2.75, 3.05) is 19.4 Å². The third-order valence-electron chi connectivity index (χ3n) is 2.66. The normalized spacial score (nSPS) is 12.1. The summed E-state index contributed by atoms with van der Waals surface area (Å²) in [6.07, 6.45) is -3.41. The number of nitrogens with zero attached hydrogens (tertiary/aromatic N) is 1. The van der Waals surface area contributed by atoms with Gasteiger partial charge in [0.05, 0.1) is 30.3 Å². The molecule has 0 aliphatic rings. The van der Waals surface area contributed by atoms with E-state index in [2.05, 4.69) is 8.15 Å². The Hall–Kier alpha value is -0.540. The Morgan fingerprint density at radius 3 is 2.17 bits per heavy atom. The lowest BCUT2D eigenvalue weighted by atomic mass is 10.2. The van der Waals surface area contributed by atoms with Crippen molar-refractivity contribution < 1.29 is 40.2 Å². The highest BCUT2D eigenvalue weighted by molar-refractivity contribution is 7.55. The van der Waals surface area contributed by atoms with Crippen LogP contribution in [-0.2, 0) is 27.0 Å². The average molecular weight is 418 g/mol. The summed E-state index contributed by atoms with van der Waals surface area (Å²) < 4.78 is 61.7. The number of carbonyl (C=O) groups excluding carboxylic acids is 2. The van der Waals surface area contributed by atoms with Crippen LogP contribution in [0.4, 0.5) is 13.2 Å². The van der Waals surface area contributed by atoms with E-state index in [1.165, 1.54) is 0 Å². The van der Waals surface area contributed by atoms with Crippen molar-refractivity contribution in [2.45, 2.75) is 38.8 Å². The summed E-state index contributed by atoms with van der Waals surface area (Å²) in [6, 6.07) is 0. The Morgan fingerprint density at radius 2 is 1.71 bits per heavy atom. The van der Waals surface area contributed by atoms with Gasteiger partial charge in [-0.25, -0.2) is 0 Å². The van der Waals surface area contributed by atoms with Gasteiger partial charge in [0, 0.05) is 0 Å². The predicted molar refractivity (Wildman–Crippen MR) is 79.2 cm³/mol. The largest absolute Gasteiger partial charge is 0.471 e. The number of halogens is 5. The molecule has 0 saturated heterocycles. The third kappa shape index (κ3) is 9.08. The second kappa shape index (κ2) is 11.1. The minimum atomic E-state index is -5.31. The summed E-state index contributed by atoms with van der Waals surface area (Å²) in [5.41, 5.74) is 0. The van der Waals surface area contributed by atoms with Crippen LogP contribution in [0.1, 0.15) is 32.6 Å². The molecule has 0 heterocycles. The number of hydrogen-bond donors (Lipinski definition) is 0.